The zero-order valence-electron chi connectivity index (χ0n) is 26.3. The van der Waals surface area contributed by atoms with Gasteiger partial charge in [-0.05, 0) is 67.0 Å². The van der Waals surface area contributed by atoms with E-state index in [1.807, 2.05) is 13.8 Å². The van der Waals surface area contributed by atoms with Crippen LogP contribution in [0.5, 0.6) is 5.75 Å². The predicted molar refractivity (Wildman–Crippen MR) is 170 cm³/mol. The van der Waals surface area contributed by atoms with Crippen LogP contribution in [0.3, 0.4) is 0 Å². The standard InChI is InChI=1S/C33H37F2N5O6S/c1-32(2)19-9-11-33(32,28(41)13-19)18-47(43,44)46-17-22-15-21(36)16-40(22)26-8-7-20(34)14-25(26)39-31(42)24-10-12-37-30(38-24)29-23(35)5-4-6-27(29)45-3/h4-8,10,12,14,19,21-22H,9,11,13,15-18,36H2,1-3H3,(H,39,42)/t19?,21-,22-,33?/m0/s1. The van der Waals surface area contributed by atoms with Crippen LogP contribution in [-0.2, 0) is 19.1 Å². The fourth-order valence-electron chi connectivity index (χ4n) is 7.58. The molecular formula is C33H37F2N5O6S. The molecular weight excluding hydrogens is 632 g/mol. The number of nitrogens with two attached hydrogens (primary N) is 1. The second-order valence-electron chi connectivity index (χ2n) is 13.2. The van der Waals surface area contributed by atoms with Gasteiger partial charge in [-0.1, -0.05) is 19.9 Å². The number of amides is 1. The van der Waals surface area contributed by atoms with Gasteiger partial charge in [-0.25, -0.2) is 18.7 Å². The number of aromatic nitrogens is 2. The minimum atomic E-state index is -4.10. The highest BCUT2D eigenvalue weighted by Crippen LogP contribution is 2.64. The lowest BCUT2D eigenvalue weighted by Gasteiger charge is -2.36. The maximum atomic E-state index is 14.7. The minimum absolute atomic E-state index is 0.0202. The molecule has 3 fully saturated rings. The Labute approximate surface area is 272 Å². The summed E-state index contributed by atoms with van der Waals surface area (Å²) in [4.78, 5) is 36.5. The van der Waals surface area contributed by atoms with Crippen molar-refractivity contribution in [1.29, 1.82) is 0 Å². The van der Waals surface area contributed by atoms with Crippen molar-refractivity contribution >= 4 is 33.2 Å². The van der Waals surface area contributed by atoms with Gasteiger partial charge in [0.15, 0.2) is 5.82 Å². The van der Waals surface area contributed by atoms with E-state index in [-0.39, 0.29) is 65.2 Å². The number of halogens is 2. The topological polar surface area (TPSA) is 154 Å². The van der Waals surface area contributed by atoms with Gasteiger partial charge in [-0.2, -0.15) is 8.42 Å². The number of nitrogens with one attached hydrogen (secondary N) is 1. The molecule has 1 saturated heterocycles. The first-order valence-electron chi connectivity index (χ1n) is 15.4. The summed E-state index contributed by atoms with van der Waals surface area (Å²) in [5.74, 6) is -2.11. The Morgan fingerprint density at radius 2 is 1.98 bits per heavy atom. The van der Waals surface area contributed by atoms with Crippen molar-refractivity contribution in [3.05, 3.63) is 66.0 Å². The fraction of sp³-hybridized carbons (Fsp3) is 0.455. The molecule has 3 aromatic rings. The Bertz CT molecular complexity index is 1840. The van der Waals surface area contributed by atoms with Crippen LogP contribution in [0.15, 0.2) is 48.7 Å². The average Bonchev–Trinajstić information content (AvgIpc) is 3.57. The lowest BCUT2D eigenvalue weighted by molar-refractivity contribution is -0.128. The van der Waals surface area contributed by atoms with E-state index in [0.717, 1.165) is 12.5 Å². The lowest BCUT2D eigenvalue weighted by atomic mass is 9.70. The van der Waals surface area contributed by atoms with Crippen LogP contribution >= 0.6 is 0 Å². The fourth-order valence-corrected chi connectivity index (χ4v) is 9.31. The Balaban J connectivity index is 1.21. The quantitative estimate of drug-likeness (QED) is 0.298. The normalized spacial score (nSPS) is 24.9. The van der Waals surface area contributed by atoms with E-state index in [2.05, 4.69) is 15.3 Å². The van der Waals surface area contributed by atoms with Gasteiger partial charge in [-0.3, -0.25) is 13.8 Å². The van der Waals surface area contributed by atoms with Crippen LogP contribution in [0, 0.1) is 28.4 Å². The number of rotatable bonds is 10. The summed E-state index contributed by atoms with van der Waals surface area (Å²) in [7, 11) is -2.72. The number of fused-ring (bicyclic) bond motifs is 2. The summed E-state index contributed by atoms with van der Waals surface area (Å²) in [6, 6.07) is 8.51. The first-order chi connectivity index (χ1) is 22.2. The van der Waals surface area contributed by atoms with Crippen LogP contribution in [0.1, 0.15) is 50.0 Å². The first kappa shape index (κ1) is 32.9. The average molecular weight is 670 g/mol. The van der Waals surface area contributed by atoms with E-state index in [4.69, 9.17) is 14.7 Å². The number of hydrogen-bond donors (Lipinski definition) is 2. The van der Waals surface area contributed by atoms with Crippen LogP contribution < -0.4 is 20.7 Å². The molecule has 0 radical (unpaired) electrons. The third-order valence-corrected chi connectivity index (χ3v) is 11.6. The molecule has 1 amide bonds. The van der Waals surface area contributed by atoms with Gasteiger partial charge in [0.05, 0.1) is 47.9 Å². The summed E-state index contributed by atoms with van der Waals surface area (Å²) >= 11 is 0. The molecule has 47 heavy (non-hydrogen) atoms. The molecule has 2 unspecified atom stereocenters. The number of anilines is 2. The Hall–Kier alpha value is -4.01. The number of carbonyl (C=O) groups is 2. The molecule has 0 spiro atoms. The lowest BCUT2D eigenvalue weighted by Crippen LogP contribution is -2.43. The summed E-state index contributed by atoms with van der Waals surface area (Å²) in [5.41, 5.74) is 5.25. The maximum absolute atomic E-state index is 14.7. The van der Waals surface area contributed by atoms with E-state index in [1.165, 1.54) is 43.6 Å². The molecule has 2 aliphatic carbocycles. The maximum Gasteiger partial charge on any atom is 0.274 e. The van der Waals surface area contributed by atoms with Crippen molar-refractivity contribution in [3.63, 3.8) is 0 Å². The second kappa shape index (κ2) is 12.2. The molecule has 2 saturated carbocycles. The van der Waals surface area contributed by atoms with E-state index in [1.54, 1.807) is 11.0 Å². The van der Waals surface area contributed by atoms with Crippen molar-refractivity contribution < 1.29 is 35.7 Å². The van der Waals surface area contributed by atoms with E-state index >= 15 is 0 Å². The summed E-state index contributed by atoms with van der Waals surface area (Å²) in [6.45, 7) is 3.97. The van der Waals surface area contributed by atoms with Gasteiger partial charge in [0.25, 0.3) is 16.0 Å². The first-order valence-corrected chi connectivity index (χ1v) is 17.0. The van der Waals surface area contributed by atoms with Crippen LogP contribution in [0.25, 0.3) is 11.4 Å². The van der Waals surface area contributed by atoms with Crippen molar-refractivity contribution in [1.82, 2.24) is 9.97 Å². The molecule has 1 aliphatic heterocycles. The van der Waals surface area contributed by atoms with Crippen LogP contribution in [-0.4, -0.2) is 68.2 Å². The Kier molecular flexibility index (Phi) is 8.56. The number of nitrogens with zero attached hydrogens (tertiary/aromatic N) is 3. The molecule has 2 aromatic carbocycles. The number of ether oxygens (including phenoxy) is 1. The Morgan fingerprint density at radius 3 is 2.68 bits per heavy atom. The third kappa shape index (κ3) is 5.98. The van der Waals surface area contributed by atoms with Gasteiger partial charge in [0.1, 0.15) is 28.9 Å². The zero-order valence-corrected chi connectivity index (χ0v) is 27.1. The van der Waals surface area contributed by atoms with Crippen molar-refractivity contribution in [2.45, 2.75) is 51.6 Å². The number of Topliss-reactive ketones (excluding diaryl/α,β-unsaturated/α-hetero) is 1. The van der Waals surface area contributed by atoms with Crippen molar-refractivity contribution in [2.75, 3.05) is 36.2 Å². The van der Waals surface area contributed by atoms with Crippen molar-refractivity contribution in [2.24, 2.45) is 22.5 Å². The molecule has 11 nitrogen and oxygen atoms in total. The minimum Gasteiger partial charge on any atom is -0.496 e. The SMILES string of the molecule is COc1cccc(F)c1-c1nccc(C(=O)Nc2cc(F)ccc2N2C[C@@H](N)C[C@H]2COS(=O)(=O)CC23CCC(CC2=O)C3(C)C)n1. The molecule has 2 bridgehead atoms. The second-order valence-corrected chi connectivity index (χ2v) is 14.8. The van der Waals surface area contributed by atoms with Gasteiger partial charge in [-0.15, -0.1) is 0 Å². The van der Waals surface area contributed by atoms with Crippen LogP contribution in [0.4, 0.5) is 20.2 Å². The summed E-state index contributed by atoms with van der Waals surface area (Å²) < 4.78 is 66.7. The molecule has 4 atom stereocenters. The molecule has 2 heterocycles. The number of methoxy groups -OCH3 is 1. The van der Waals surface area contributed by atoms with E-state index in [9.17, 15) is 26.8 Å². The molecule has 14 heteroatoms. The van der Waals surface area contributed by atoms with E-state index in [0.29, 0.717) is 24.9 Å². The number of carbonyl (C=O) groups excluding carboxylic acids is 2. The van der Waals surface area contributed by atoms with E-state index < -0.39 is 44.5 Å². The molecule has 3 aliphatic rings. The summed E-state index contributed by atoms with van der Waals surface area (Å²) in [6.07, 6.45) is 3.39. The van der Waals surface area contributed by atoms with Gasteiger partial charge >= 0.3 is 0 Å². The van der Waals surface area contributed by atoms with Crippen LogP contribution in [0.2, 0.25) is 0 Å². The molecule has 6 rings (SSSR count). The van der Waals surface area contributed by atoms with Gasteiger partial charge < -0.3 is 20.7 Å². The largest absolute Gasteiger partial charge is 0.496 e. The highest BCUT2D eigenvalue weighted by Gasteiger charge is 2.65. The number of ketones is 1. The predicted octanol–water partition coefficient (Wildman–Crippen LogP) is 4.33. The molecule has 3 N–H and O–H groups in total. The highest BCUT2D eigenvalue weighted by atomic mass is 32.2. The smallest absolute Gasteiger partial charge is 0.274 e. The number of benzene rings is 2. The van der Waals surface area contributed by atoms with Crippen molar-refractivity contribution in [3.8, 4) is 17.1 Å². The van der Waals surface area contributed by atoms with Gasteiger partial charge in [0, 0.05) is 25.2 Å². The monoisotopic (exact) mass is 669 g/mol. The summed E-state index contributed by atoms with van der Waals surface area (Å²) in [5, 5.41) is 2.68. The third-order valence-electron chi connectivity index (χ3n) is 10.3. The molecule has 250 valence electrons. The highest BCUT2D eigenvalue weighted by molar-refractivity contribution is 7.86. The molecule has 1 aromatic heterocycles. The Morgan fingerprint density at radius 1 is 1.19 bits per heavy atom. The van der Waals surface area contributed by atoms with Gasteiger partial charge in [0.2, 0.25) is 0 Å². The number of hydrogen-bond acceptors (Lipinski definition) is 10. The zero-order chi connectivity index (χ0) is 33.7.